The molecule has 0 aromatic heterocycles. The second-order valence-corrected chi connectivity index (χ2v) is 12.2. The van der Waals surface area contributed by atoms with E-state index in [4.69, 9.17) is 14.2 Å². The van der Waals surface area contributed by atoms with Gasteiger partial charge in [0.15, 0.2) is 11.5 Å². The third-order valence-electron chi connectivity index (χ3n) is 7.79. The fourth-order valence-electron chi connectivity index (χ4n) is 5.18. The molecule has 0 saturated carbocycles. The van der Waals surface area contributed by atoms with Gasteiger partial charge in [-0.25, -0.2) is 4.90 Å². The predicted molar refractivity (Wildman–Crippen MR) is 186 cm³/mol. The van der Waals surface area contributed by atoms with Gasteiger partial charge in [0.2, 0.25) is 17.6 Å². The van der Waals surface area contributed by atoms with E-state index in [0.29, 0.717) is 44.6 Å². The molecule has 0 bridgehead atoms. The molecular formula is C37H35N3O7S. The second-order valence-electron chi connectivity index (χ2n) is 10.9. The number of nitrogens with zero attached hydrogens (tertiary/aromatic N) is 1. The van der Waals surface area contributed by atoms with E-state index in [1.54, 1.807) is 72.8 Å². The molecule has 4 aromatic carbocycles. The third-order valence-corrected chi connectivity index (χ3v) is 8.97. The first kappa shape index (κ1) is 33.8. The Morgan fingerprint density at radius 2 is 1.58 bits per heavy atom. The number of imide groups is 1. The van der Waals surface area contributed by atoms with Crippen molar-refractivity contribution in [1.29, 1.82) is 0 Å². The number of thioether (sulfide) groups is 1. The molecule has 1 atom stereocenters. The van der Waals surface area contributed by atoms with Gasteiger partial charge in [0.05, 0.1) is 32.3 Å². The summed E-state index contributed by atoms with van der Waals surface area (Å²) in [5.74, 6) is -0.589. The Hall–Kier alpha value is -5.55. The number of carbonyl (C=O) groups excluding carboxylic acids is 4. The molecule has 4 aromatic rings. The van der Waals surface area contributed by atoms with Crippen molar-refractivity contribution in [2.45, 2.75) is 30.4 Å². The van der Waals surface area contributed by atoms with Gasteiger partial charge < -0.3 is 24.8 Å². The minimum absolute atomic E-state index is 0.0541. The maximum Gasteiger partial charge on any atom is 0.272 e. The van der Waals surface area contributed by atoms with Crippen molar-refractivity contribution >= 4 is 52.8 Å². The molecule has 0 unspecified atom stereocenters. The molecule has 1 saturated heterocycles. The molecule has 0 aliphatic carbocycles. The maximum atomic E-state index is 13.8. The standard InChI is InChI=1S/C37H35N3O7S/c1-22-14-16-27(18-23(22)2)40-32(41)21-31(37(40)44)48-28-13-9-12-26(20-28)38-36(43)29(39-35(42)24-10-7-6-8-11-24)19-25-15-17-30(45-3)34(47-5)33(25)46-4/h6-20,31H,21H2,1-5H3,(H,38,43)(H,39,42)/b29-19-/t31-/m1/s1. The highest BCUT2D eigenvalue weighted by molar-refractivity contribution is 8.00. The molecule has 1 fully saturated rings. The number of rotatable bonds is 11. The molecule has 11 heteroatoms. The van der Waals surface area contributed by atoms with Gasteiger partial charge in [0.1, 0.15) is 5.70 Å². The van der Waals surface area contributed by atoms with E-state index in [0.717, 1.165) is 11.1 Å². The summed E-state index contributed by atoms with van der Waals surface area (Å²) in [4.78, 5) is 55.1. The number of carbonyl (C=O) groups is 4. The molecule has 0 spiro atoms. The molecule has 5 rings (SSSR count). The zero-order valence-electron chi connectivity index (χ0n) is 27.2. The van der Waals surface area contributed by atoms with Gasteiger partial charge in [-0.3, -0.25) is 19.2 Å². The number of benzene rings is 4. The monoisotopic (exact) mass is 665 g/mol. The van der Waals surface area contributed by atoms with Gasteiger partial charge in [0.25, 0.3) is 11.8 Å². The summed E-state index contributed by atoms with van der Waals surface area (Å²) in [5, 5.41) is 4.94. The largest absolute Gasteiger partial charge is 0.493 e. The summed E-state index contributed by atoms with van der Waals surface area (Å²) in [7, 11) is 4.43. The molecule has 4 amide bonds. The first-order valence-corrected chi connectivity index (χ1v) is 15.9. The summed E-state index contributed by atoms with van der Waals surface area (Å²) in [5.41, 5.74) is 3.80. The Bertz CT molecular complexity index is 1910. The van der Waals surface area contributed by atoms with E-state index in [1.807, 2.05) is 26.0 Å². The lowest BCUT2D eigenvalue weighted by molar-refractivity contribution is -0.121. The summed E-state index contributed by atoms with van der Waals surface area (Å²) in [6.45, 7) is 3.91. The number of anilines is 2. The molecule has 246 valence electrons. The van der Waals surface area contributed by atoms with E-state index in [9.17, 15) is 19.2 Å². The van der Waals surface area contributed by atoms with Gasteiger partial charge in [-0.05, 0) is 85.6 Å². The number of nitrogens with one attached hydrogen (secondary N) is 2. The SMILES string of the molecule is COc1ccc(/C=C(\NC(=O)c2ccccc2)C(=O)Nc2cccc(S[C@@H]3CC(=O)N(c4ccc(C)c(C)c4)C3=O)c2)c(OC)c1OC. The lowest BCUT2D eigenvalue weighted by Crippen LogP contribution is -2.31. The molecule has 2 N–H and O–H groups in total. The topological polar surface area (TPSA) is 123 Å². The minimum Gasteiger partial charge on any atom is -0.493 e. The molecule has 1 aliphatic rings. The van der Waals surface area contributed by atoms with Gasteiger partial charge in [-0.2, -0.15) is 0 Å². The number of aryl methyl sites for hydroxylation is 2. The van der Waals surface area contributed by atoms with Crippen LogP contribution in [0.25, 0.3) is 6.08 Å². The van der Waals surface area contributed by atoms with Crippen molar-refractivity contribution in [3.8, 4) is 17.2 Å². The minimum atomic E-state index is -0.622. The van der Waals surface area contributed by atoms with Crippen molar-refractivity contribution in [3.05, 3.63) is 113 Å². The smallest absolute Gasteiger partial charge is 0.272 e. The van der Waals surface area contributed by atoms with Crippen LogP contribution in [0.3, 0.4) is 0 Å². The van der Waals surface area contributed by atoms with Crippen molar-refractivity contribution in [3.63, 3.8) is 0 Å². The van der Waals surface area contributed by atoms with Crippen molar-refractivity contribution in [2.24, 2.45) is 0 Å². The predicted octanol–water partition coefficient (Wildman–Crippen LogP) is 6.16. The Labute approximate surface area is 283 Å². The normalized spacial score (nSPS) is 14.5. The average Bonchev–Trinajstić information content (AvgIpc) is 3.37. The lowest BCUT2D eigenvalue weighted by Gasteiger charge is -2.17. The summed E-state index contributed by atoms with van der Waals surface area (Å²) >= 11 is 1.25. The van der Waals surface area contributed by atoms with E-state index in [2.05, 4.69) is 10.6 Å². The fourth-order valence-corrected chi connectivity index (χ4v) is 6.29. The Morgan fingerprint density at radius 1 is 0.833 bits per heavy atom. The highest BCUT2D eigenvalue weighted by atomic mass is 32.2. The zero-order valence-corrected chi connectivity index (χ0v) is 28.0. The van der Waals surface area contributed by atoms with Gasteiger partial charge in [0, 0.05) is 28.1 Å². The second kappa shape index (κ2) is 14.9. The highest BCUT2D eigenvalue weighted by Crippen LogP contribution is 2.41. The van der Waals surface area contributed by atoms with Crippen LogP contribution in [0.1, 0.15) is 33.5 Å². The van der Waals surface area contributed by atoms with Gasteiger partial charge >= 0.3 is 0 Å². The average molecular weight is 666 g/mol. The Kier molecular flexibility index (Phi) is 10.5. The van der Waals surface area contributed by atoms with Crippen molar-refractivity contribution < 1.29 is 33.4 Å². The van der Waals surface area contributed by atoms with Crippen LogP contribution in [-0.4, -0.2) is 50.2 Å². The Morgan fingerprint density at radius 3 is 2.27 bits per heavy atom. The fraction of sp³-hybridized carbons (Fsp3) is 0.189. The van der Waals surface area contributed by atoms with Crippen LogP contribution in [0.15, 0.2) is 95.5 Å². The van der Waals surface area contributed by atoms with Crippen LogP contribution in [0.5, 0.6) is 17.2 Å². The van der Waals surface area contributed by atoms with E-state index in [1.165, 1.54) is 44.1 Å². The van der Waals surface area contributed by atoms with Crippen LogP contribution < -0.4 is 29.7 Å². The molecule has 0 radical (unpaired) electrons. The number of methoxy groups -OCH3 is 3. The zero-order chi connectivity index (χ0) is 34.4. The first-order valence-electron chi connectivity index (χ1n) is 15.0. The maximum absolute atomic E-state index is 13.8. The van der Waals surface area contributed by atoms with Crippen LogP contribution in [0.2, 0.25) is 0 Å². The third kappa shape index (κ3) is 7.37. The van der Waals surface area contributed by atoms with Crippen molar-refractivity contribution in [2.75, 3.05) is 31.5 Å². The van der Waals surface area contributed by atoms with E-state index < -0.39 is 17.1 Å². The number of amides is 4. The lowest BCUT2D eigenvalue weighted by atomic mass is 10.1. The first-order chi connectivity index (χ1) is 23.1. The van der Waals surface area contributed by atoms with Gasteiger partial charge in [-0.15, -0.1) is 11.8 Å². The van der Waals surface area contributed by atoms with Gasteiger partial charge in [-0.1, -0.05) is 30.3 Å². The summed E-state index contributed by atoms with van der Waals surface area (Å²) in [6.07, 6.45) is 1.54. The number of hydrogen-bond donors (Lipinski definition) is 2. The Balaban J connectivity index is 1.39. The van der Waals surface area contributed by atoms with Crippen LogP contribution in [-0.2, 0) is 14.4 Å². The molecule has 1 aliphatic heterocycles. The van der Waals surface area contributed by atoms with Crippen LogP contribution >= 0.6 is 11.8 Å². The summed E-state index contributed by atoms with van der Waals surface area (Å²) < 4.78 is 16.5. The number of hydrogen-bond acceptors (Lipinski definition) is 8. The molecule has 48 heavy (non-hydrogen) atoms. The van der Waals surface area contributed by atoms with Crippen LogP contribution in [0, 0.1) is 13.8 Å². The van der Waals surface area contributed by atoms with E-state index >= 15 is 0 Å². The van der Waals surface area contributed by atoms with E-state index in [-0.39, 0.29) is 23.9 Å². The highest BCUT2D eigenvalue weighted by Gasteiger charge is 2.40. The van der Waals surface area contributed by atoms with Crippen molar-refractivity contribution in [1.82, 2.24) is 5.32 Å². The molecular weight excluding hydrogens is 630 g/mol. The van der Waals surface area contributed by atoms with Crippen LogP contribution in [0.4, 0.5) is 11.4 Å². The molecule has 1 heterocycles. The number of ether oxygens (including phenoxy) is 3. The molecule has 10 nitrogen and oxygen atoms in total. The summed E-state index contributed by atoms with van der Waals surface area (Å²) in [6, 6.07) is 24.3. The quantitative estimate of drug-likeness (QED) is 0.144.